The molecule has 11 aromatic rings. The predicted molar refractivity (Wildman–Crippen MR) is 262 cm³/mol. The second kappa shape index (κ2) is 13.4. The van der Waals surface area contributed by atoms with Crippen molar-refractivity contribution in [2.45, 2.75) is 24.7 Å². The SMILES string of the molecule is Cc1ccc(C2(c3ccc(C)cc3)c3cccc4c3-c3c2cccc3C4(c2ccc(-c3cccc4ccccc34)cc2)c2ccc(-n3c4ccccc4c4ccccc43)cc2)cc1. The Hall–Kier alpha value is -7.74. The molecule has 1 heteroatoms. The number of aromatic nitrogens is 1. The third-order valence-corrected chi connectivity index (χ3v) is 14.5. The van der Waals surface area contributed by atoms with Gasteiger partial charge < -0.3 is 4.57 Å². The van der Waals surface area contributed by atoms with Crippen molar-refractivity contribution in [3.63, 3.8) is 0 Å². The van der Waals surface area contributed by atoms with Gasteiger partial charge in [0.15, 0.2) is 0 Å². The second-order valence-electron chi connectivity index (χ2n) is 17.7. The van der Waals surface area contributed by atoms with E-state index in [0.717, 1.165) is 5.69 Å². The van der Waals surface area contributed by atoms with E-state index in [4.69, 9.17) is 0 Å². The summed E-state index contributed by atoms with van der Waals surface area (Å²) in [5.41, 5.74) is 20.8. The van der Waals surface area contributed by atoms with E-state index in [-0.39, 0.29) is 0 Å². The van der Waals surface area contributed by atoms with E-state index in [9.17, 15) is 0 Å². The van der Waals surface area contributed by atoms with Gasteiger partial charge in [-0.1, -0.05) is 211 Å². The van der Waals surface area contributed by atoms with Crippen LogP contribution in [0.25, 0.3) is 60.5 Å². The fourth-order valence-corrected chi connectivity index (χ4v) is 11.8. The maximum atomic E-state index is 2.42. The van der Waals surface area contributed by atoms with Crippen LogP contribution < -0.4 is 0 Å². The highest BCUT2D eigenvalue weighted by molar-refractivity contribution is 6.09. The van der Waals surface area contributed by atoms with Crippen molar-refractivity contribution < 1.29 is 0 Å². The van der Waals surface area contributed by atoms with Crippen LogP contribution in [0.3, 0.4) is 0 Å². The Kier molecular flexibility index (Phi) is 7.64. The zero-order valence-corrected chi connectivity index (χ0v) is 35.3. The zero-order chi connectivity index (χ0) is 41.9. The molecule has 1 nitrogen and oxygen atoms in total. The largest absolute Gasteiger partial charge is 0.309 e. The van der Waals surface area contributed by atoms with Crippen molar-refractivity contribution in [2.75, 3.05) is 0 Å². The van der Waals surface area contributed by atoms with Gasteiger partial charge in [-0.2, -0.15) is 0 Å². The smallest absolute Gasteiger partial charge is 0.0713 e. The van der Waals surface area contributed by atoms with E-state index < -0.39 is 10.8 Å². The van der Waals surface area contributed by atoms with Gasteiger partial charge in [-0.25, -0.2) is 0 Å². The number of rotatable bonds is 6. The third-order valence-electron chi connectivity index (χ3n) is 14.5. The van der Waals surface area contributed by atoms with Gasteiger partial charge >= 0.3 is 0 Å². The molecule has 0 fully saturated rings. The standard InChI is InChI=1S/C62H43N/c1-40-24-30-44(31-25-40)61(45-32-26-41(2)27-33-45)53-18-10-20-55-59(53)60-54(61)19-11-21-56(60)62(55,46-34-28-43(29-35-46)50-17-9-13-42-12-3-4-14-49(42)50)47-36-38-48(39-37-47)63-57-22-7-5-15-51(57)52-16-6-8-23-58(52)63/h3-39H,1-2H3. The molecule has 1 aromatic heterocycles. The lowest BCUT2D eigenvalue weighted by Gasteiger charge is -2.39. The van der Waals surface area contributed by atoms with Gasteiger partial charge in [0.2, 0.25) is 0 Å². The second-order valence-corrected chi connectivity index (χ2v) is 17.7. The van der Waals surface area contributed by atoms with Crippen molar-refractivity contribution in [2.24, 2.45) is 0 Å². The fourth-order valence-electron chi connectivity index (χ4n) is 11.8. The molecule has 2 aliphatic carbocycles. The van der Waals surface area contributed by atoms with E-state index >= 15 is 0 Å². The summed E-state index contributed by atoms with van der Waals surface area (Å²) in [5.74, 6) is 0. The molecule has 0 N–H and O–H groups in total. The third kappa shape index (κ3) is 4.82. The summed E-state index contributed by atoms with van der Waals surface area (Å²) in [5, 5.41) is 5.06. The minimum Gasteiger partial charge on any atom is -0.309 e. The van der Waals surface area contributed by atoms with Crippen molar-refractivity contribution in [3.8, 4) is 27.9 Å². The van der Waals surface area contributed by atoms with E-state index in [2.05, 4.69) is 243 Å². The lowest BCUT2D eigenvalue weighted by molar-refractivity contribution is 0.733. The lowest BCUT2D eigenvalue weighted by atomic mass is 9.62. The number of para-hydroxylation sites is 2. The van der Waals surface area contributed by atoms with Gasteiger partial charge in [0.25, 0.3) is 0 Å². The van der Waals surface area contributed by atoms with E-state index in [1.807, 2.05) is 0 Å². The Balaban J connectivity index is 1.08. The van der Waals surface area contributed by atoms with Gasteiger partial charge in [-0.3, -0.25) is 0 Å². The van der Waals surface area contributed by atoms with Crippen molar-refractivity contribution in [1.29, 1.82) is 0 Å². The van der Waals surface area contributed by atoms with Crippen LogP contribution in [-0.2, 0) is 10.8 Å². The molecule has 10 aromatic carbocycles. The van der Waals surface area contributed by atoms with Gasteiger partial charge in [0.05, 0.1) is 21.9 Å². The maximum Gasteiger partial charge on any atom is 0.0713 e. The number of hydrogen-bond acceptors (Lipinski definition) is 0. The first-order valence-electron chi connectivity index (χ1n) is 22.2. The van der Waals surface area contributed by atoms with Crippen molar-refractivity contribution >= 4 is 32.6 Å². The van der Waals surface area contributed by atoms with Gasteiger partial charge in [-0.15, -0.1) is 0 Å². The zero-order valence-electron chi connectivity index (χ0n) is 35.3. The van der Waals surface area contributed by atoms with Crippen LogP contribution >= 0.6 is 0 Å². The summed E-state index contributed by atoms with van der Waals surface area (Å²) < 4.78 is 2.42. The van der Waals surface area contributed by atoms with Crippen LogP contribution in [0.4, 0.5) is 0 Å². The van der Waals surface area contributed by atoms with E-state index in [1.165, 1.54) is 110 Å². The molecule has 13 rings (SSSR count). The lowest BCUT2D eigenvalue weighted by Crippen LogP contribution is -2.33. The molecule has 1 heterocycles. The van der Waals surface area contributed by atoms with E-state index in [0.29, 0.717) is 0 Å². The molecule has 0 aliphatic heterocycles. The van der Waals surface area contributed by atoms with Crippen molar-refractivity contribution in [3.05, 3.63) is 280 Å². The first-order valence-corrected chi connectivity index (χ1v) is 22.2. The number of nitrogens with zero attached hydrogens (tertiary/aromatic N) is 1. The topological polar surface area (TPSA) is 4.93 Å². The molecule has 296 valence electrons. The monoisotopic (exact) mass is 801 g/mol. The Labute approximate surface area is 368 Å². The van der Waals surface area contributed by atoms with Gasteiger partial charge in [0, 0.05) is 16.5 Å². The maximum absolute atomic E-state index is 2.42. The number of hydrogen-bond donors (Lipinski definition) is 0. The van der Waals surface area contributed by atoms with Crippen LogP contribution in [0.1, 0.15) is 55.6 Å². The highest BCUT2D eigenvalue weighted by Gasteiger charge is 2.56. The minimum absolute atomic E-state index is 0.469. The molecule has 0 radical (unpaired) electrons. The van der Waals surface area contributed by atoms with Crippen LogP contribution in [0.15, 0.2) is 224 Å². The number of fused-ring (bicyclic) bond motifs is 4. The molecule has 0 atom stereocenters. The highest BCUT2D eigenvalue weighted by atomic mass is 15.0. The summed E-state index contributed by atoms with van der Waals surface area (Å²) in [6.45, 7) is 4.37. The van der Waals surface area contributed by atoms with E-state index in [1.54, 1.807) is 0 Å². The molecular weight excluding hydrogens is 759 g/mol. The van der Waals surface area contributed by atoms with Crippen LogP contribution in [-0.4, -0.2) is 4.57 Å². The van der Waals surface area contributed by atoms with Crippen LogP contribution in [0, 0.1) is 13.8 Å². The fraction of sp³-hybridized carbons (Fsp3) is 0.0645. The van der Waals surface area contributed by atoms with Crippen molar-refractivity contribution in [1.82, 2.24) is 4.57 Å². The van der Waals surface area contributed by atoms with Crippen LogP contribution in [0.5, 0.6) is 0 Å². The Bertz CT molecular complexity index is 3440. The molecule has 63 heavy (non-hydrogen) atoms. The molecule has 0 amide bonds. The van der Waals surface area contributed by atoms with Gasteiger partial charge in [0.1, 0.15) is 0 Å². The summed E-state index contributed by atoms with van der Waals surface area (Å²) >= 11 is 0. The summed E-state index contributed by atoms with van der Waals surface area (Å²) in [7, 11) is 0. The Morgan fingerprint density at radius 2 is 0.698 bits per heavy atom. The molecule has 0 unspecified atom stereocenters. The molecular formula is C62H43N. The Morgan fingerprint density at radius 1 is 0.317 bits per heavy atom. The average Bonchev–Trinajstić information content (AvgIpc) is 3.96. The molecule has 2 aliphatic rings. The quantitative estimate of drug-likeness (QED) is 0.158. The minimum atomic E-state index is -0.569. The summed E-state index contributed by atoms with van der Waals surface area (Å²) in [6, 6.07) is 84.8. The average molecular weight is 802 g/mol. The summed E-state index contributed by atoms with van der Waals surface area (Å²) in [6.07, 6.45) is 0. The first-order chi connectivity index (χ1) is 31.1. The normalized spacial score (nSPS) is 14.1. The number of aryl methyl sites for hydroxylation is 2. The molecule has 0 saturated heterocycles. The number of benzene rings is 10. The van der Waals surface area contributed by atoms with Gasteiger partial charge in [-0.05, 0) is 116 Å². The predicted octanol–water partition coefficient (Wildman–Crippen LogP) is 15.3. The molecule has 0 spiro atoms. The van der Waals surface area contributed by atoms with Crippen LogP contribution in [0.2, 0.25) is 0 Å². The first kappa shape index (κ1) is 36.0. The highest BCUT2D eigenvalue weighted by Crippen LogP contribution is 2.66. The summed E-state index contributed by atoms with van der Waals surface area (Å²) in [4.78, 5) is 0. The Morgan fingerprint density at radius 3 is 1.19 bits per heavy atom. The molecule has 0 saturated carbocycles. The molecule has 0 bridgehead atoms.